The average Bonchev–Trinajstić information content (AvgIpc) is 2.27. The Kier molecular flexibility index (Phi) is 5.62. The van der Waals surface area contributed by atoms with Crippen LogP contribution in [-0.4, -0.2) is 23.9 Å². The van der Waals surface area contributed by atoms with Gasteiger partial charge in [-0.1, -0.05) is 30.3 Å². The number of benzene rings is 1. The summed E-state index contributed by atoms with van der Waals surface area (Å²) in [6.45, 7) is 1.97. The van der Waals surface area contributed by atoms with Crippen molar-refractivity contribution in [2.45, 2.75) is 38.1 Å². The summed E-state index contributed by atoms with van der Waals surface area (Å²) < 4.78 is 37.5. The van der Waals surface area contributed by atoms with Gasteiger partial charge in [0.2, 0.25) is 0 Å². The first kappa shape index (κ1) is 15.0. The van der Waals surface area contributed by atoms with Crippen molar-refractivity contribution in [2.75, 3.05) is 6.54 Å². The second-order valence-corrected chi connectivity index (χ2v) is 4.37. The molecule has 0 spiro atoms. The molecule has 2 nitrogen and oxygen atoms in total. The van der Waals surface area contributed by atoms with Crippen LogP contribution in [0.4, 0.5) is 13.2 Å². The van der Waals surface area contributed by atoms with Crippen LogP contribution in [0.25, 0.3) is 0 Å². The lowest BCUT2D eigenvalue weighted by molar-refractivity contribution is -0.140. The molecule has 5 heteroatoms. The molecule has 0 aliphatic heterocycles. The van der Waals surface area contributed by atoms with Gasteiger partial charge in [0.1, 0.15) is 0 Å². The van der Waals surface area contributed by atoms with Crippen molar-refractivity contribution >= 4 is 0 Å². The molecule has 0 saturated heterocycles. The highest BCUT2D eigenvalue weighted by molar-refractivity contribution is 5.19. The zero-order chi connectivity index (χ0) is 13.6. The van der Waals surface area contributed by atoms with E-state index in [-0.39, 0.29) is 0 Å². The molecular weight excluding hydrogens is 243 g/mol. The Bertz CT molecular complexity index is 338. The lowest BCUT2D eigenvalue weighted by Gasteiger charge is -2.21. The van der Waals surface area contributed by atoms with Gasteiger partial charge in [-0.2, -0.15) is 13.2 Å². The Morgan fingerprint density at radius 2 is 1.83 bits per heavy atom. The van der Waals surface area contributed by atoms with Gasteiger partial charge >= 0.3 is 6.18 Å². The smallest absolute Gasteiger partial charge is 0.390 e. The number of aliphatic hydroxyl groups excluding tert-OH is 1. The normalized spacial score (nSPS) is 15.4. The highest BCUT2D eigenvalue weighted by Crippen LogP contribution is 2.29. The van der Waals surface area contributed by atoms with Crippen LogP contribution in [0.15, 0.2) is 30.3 Å². The Morgan fingerprint density at radius 1 is 1.22 bits per heavy atom. The summed E-state index contributed by atoms with van der Waals surface area (Å²) in [5, 5.41) is 12.0. The first-order chi connectivity index (χ1) is 8.38. The van der Waals surface area contributed by atoms with Crippen molar-refractivity contribution in [2.24, 2.45) is 0 Å². The number of halogens is 3. The monoisotopic (exact) mass is 261 g/mol. The first-order valence-electron chi connectivity index (χ1n) is 5.91. The molecule has 0 heterocycles. The first-order valence-corrected chi connectivity index (χ1v) is 5.91. The second kappa shape index (κ2) is 6.75. The molecule has 2 N–H and O–H groups in total. The molecule has 0 radical (unpaired) electrons. The van der Waals surface area contributed by atoms with E-state index in [1.54, 1.807) is 37.3 Å². The Morgan fingerprint density at radius 3 is 2.33 bits per heavy atom. The highest BCUT2D eigenvalue weighted by atomic mass is 19.4. The van der Waals surface area contributed by atoms with Gasteiger partial charge in [0.15, 0.2) is 0 Å². The second-order valence-electron chi connectivity index (χ2n) is 4.37. The third kappa shape index (κ3) is 6.02. The maximum Gasteiger partial charge on any atom is 0.390 e. The molecule has 2 atom stereocenters. The van der Waals surface area contributed by atoms with Crippen LogP contribution in [0.5, 0.6) is 0 Å². The van der Waals surface area contributed by atoms with Crippen LogP contribution < -0.4 is 5.32 Å². The van der Waals surface area contributed by atoms with E-state index in [4.69, 9.17) is 5.11 Å². The lowest BCUT2D eigenvalue weighted by atomic mass is 10.0. The zero-order valence-electron chi connectivity index (χ0n) is 10.2. The van der Waals surface area contributed by atoms with Gasteiger partial charge < -0.3 is 10.4 Å². The molecule has 2 unspecified atom stereocenters. The lowest BCUT2D eigenvalue weighted by Crippen LogP contribution is -2.28. The van der Waals surface area contributed by atoms with E-state index >= 15 is 0 Å². The predicted octanol–water partition coefficient (Wildman–Crippen LogP) is 3.04. The third-order valence-corrected chi connectivity index (χ3v) is 2.59. The molecule has 0 saturated carbocycles. The SMILES string of the molecule is CC(O)CCNC(CC(F)(F)F)c1ccccc1. The van der Waals surface area contributed by atoms with E-state index in [0.29, 0.717) is 18.5 Å². The summed E-state index contributed by atoms with van der Waals surface area (Å²) in [6, 6.07) is 7.79. The van der Waals surface area contributed by atoms with Crippen molar-refractivity contribution in [3.63, 3.8) is 0 Å². The summed E-state index contributed by atoms with van der Waals surface area (Å²) >= 11 is 0. The van der Waals surface area contributed by atoms with Crippen LogP contribution in [0, 0.1) is 0 Å². The van der Waals surface area contributed by atoms with Gasteiger partial charge in [0, 0.05) is 6.04 Å². The standard InChI is InChI=1S/C13H18F3NO/c1-10(18)7-8-17-12(9-13(14,15)16)11-5-3-2-4-6-11/h2-6,10,12,17-18H,7-9H2,1H3. The molecule has 0 amide bonds. The average molecular weight is 261 g/mol. The van der Waals surface area contributed by atoms with E-state index in [2.05, 4.69) is 5.32 Å². The maximum atomic E-state index is 12.5. The fourth-order valence-electron chi connectivity index (χ4n) is 1.69. The van der Waals surface area contributed by atoms with Crippen molar-refractivity contribution in [3.05, 3.63) is 35.9 Å². The van der Waals surface area contributed by atoms with Gasteiger partial charge in [0.05, 0.1) is 12.5 Å². The van der Waals surface area contributed by atoms with Crippen LogP contribution in [-0.2, 0) is 0 Å². The number of alkyl halides is 3. The number of aliphatic hydroxyl groups is 1. The largest absolute Gasteiger partial charge is 0.393 e. The van der Waals surface area contributed by atoms with Crippen molar-refractivity contribution < 1.29 is 18.3 Å². The van der Waals surface area contributed by atoms with Gasteiger partial charge in [-0.15, -0.1) is 0 Å². The van der Waals surface area contributed by atoms with E-state index in [1.807, 2.05) is 0 Å². The molecule has 0 aliphatic rings. The van der Waals surface area contributed by atoms with Crippen LogP contribution in [0.1, 0.15) is 31.4 Å². The molecule has 1 rings (SSSR count). The number of nitrogens with one attached hydrogen (secondary N) is 1. The van der Waals surface area contributed by atoms with Crippen molar-refractivity contribution in [3.8, 4) is 0 Å². The van der Waals surface area contributed by atoms with Gasteiger partial charge in [-0.3, -0.25) is 0 Å². The molecular formula is C13H18F3NO. The molecule has 0 bridgehead atoms. The Labute approximate surface area is 105 Å². The zero-order valence-corrected chi connectivity index (χ0v) is 10.2. The van der Waals surface area contributed by atoms with Crippen LogP contribution >= 0.6 is 0 Å². The topological polar surface area (TPSA) is 32.3 Å². The summed E-state index contributed by atoms with van der Waals surface area (Å²) in [5.41, 5.74) is 0.611. The highest BCUT2D eigenvalue weighted by Gasteiger charge is 2.32. The fraction of sp³-hybridized carbons (Fsp3) is 0.538. The van der Waals surface area contributed by atoms with E-state index in [1.165, 1.54) is 0 Å². The minimum Gasteiger partial charge on any atom is -0.393 e. The van der Waals surface area contributed by atoms with E-state index < -0.39 is 24.7 Å². The van der Waals surface area contributed by atoms with Gasteiger partial charge in [-0.05, 0) is 25.5 Å². The van der Waals surface area contributed by atoms with Crippen molar-refractivity contribution in [1.82, 2.24) is 5.32 Å². The molecule has 0 aromatic heterocycles. The molecule has 0 fully saturated rings. The minimum absolute atomic E-state index is 0.354. The molecule has 1 aromatic carbocycles. The molecule has 0 aliphatic carbocycles. The van der Waals surface area contributed by atoms with Gasteiger partial charge in [0.25, 0.3) is 0 Å². The molecule has 102 valence electrons. The summed E-state index contributed by atoms with van der Waals surface area (Å²) in [5.74, 6) is 0. The van der Waals surface area contributed by atoms with Crippen LogP contribution in [0.3, 0.4) is 0 Å². The van der Waals surface area contributed by atoms with E-state index in [0.717, 1.165) is 0 Å². The number of rotatable bonds is 6. The maximum absolute atomic E-state index is 12.5. The number of hydrogen-bond acceptors (Lipinski definition) is 2. The summed E-state index contributed by atoms with van der Waals surface area (Å²) in [7, 11) is 0. The Hall–Kier alpha value is -1.07. The fourth-order valence-corrected chi connectivity index (χ4v) is 1.69. The molecule has 18 heavy (non-hydrogen) atoms. The number of hydrogen-bond donors (Lipinski definition) is 2. The minimum atomic E-state index is -4.21. The summed E-state index contributed by atoms with van der Waals surface area (Å²) in [6.07, 6.45) is -5.20. The predicted molar refractivity (Wildman–Crippen MR) is 64.2 cm³/mol. The quantitative estimate of drug-likeness (QED) is 0.825. The van der Waals surface area contributed by atoms with E-state index in [9.17, 15) is 13.2 Å². The van der Waals surface area contributed by atoms with Gasteiger partial charge in [-0.25, -0.2) is 0 Å². The van der Waals surface area contributed by atoms with Crippen molar-refractivity contribution in [1.29, 1.82) is 0 Å². The third-order valence-electron chi connectivity index (χ3n) is 2.59. The molecule has 1 aromatic rings. The Balaban J connectivity index is 2.64. The van der Waals surface area contributed by atoms with Crippen LogP contribution in [0.2, 0.25) is 0 Å². The summed E-state index contributed by atoms with van der Waals surface area (Å²) in [4.78, 5) is 0.